The topological polar surface area (TPSA) is 56.1 Å². The Morgan fingerprint density at radius 3 is 2.57 bits per heavy atom. The third kappa shape index (κ3) is 4.39. The molecule has 0 aliphatic carbocycles. The second kappa shape index (κ2) is 8.97. The van der Waals surface area contributed by atoms with Gasteiger partial charge in [-0.3, -0.25) is 9.36 Å². The van der Waals surface area contributed by atoms with Gasteiger partial charge < -0.3 is 10.1 Å². The fourth-order valence-electron chi connectivity index (χ4n) is 2.95. The van der Waals surface area contributed by atoms with Crippen LogP contribution < -0.4 is 10.1 Å². The number of amides is 1. The van der Waals surface area contributed by atoms with Gasteiger partial charge >= 0.3 is 0 Å². The number of hydrogen-bond acceptors (Lipinski definition) is 4. The van der Waals surface area contributed by atoms with Crippen LogP contribution >= 0.6 is 11.8 Å². The summed E-state index contributed by atoms with van der Waals surface area (Å²) in [6.07, 6.45) is 3.71. The molecular formula is C22H25N3O2S. The van der Waals surface area contributed by atoms with Crippen LogP contribution in [0.1, 0.15) is 32.3 Å². The molecule has 0 spiro atoms. The molecule has 0 fully saturated rings. The summed E-state index contributed by atoms with van der Waals surface area (Å²) < 4.78 is 7.35. The molecule has 28 heavy (non-hydrogen) atoms. The molecule has 2 aromatic carbocycles. The van der Waals surface area contributed by atoms with E-state index in [1.54, 1.807) is 13.3 Å². The number of imidazole rings is 1. The first-order valence-electron chi connectivity index (χ1n) is 9.24. The zero-order chi connectivity index (χ0) is 20.1. The molecule has 1 atom stereocenters. The summed E-state index contributed by atoms with van der Waals surface area (Å²) in [7, 11) is 1.59. The lowest BCUT2D eigenvalue weighted by Crippen LogP contribution is -2.23. The monoisotopic (exact) mass is 395 g/mol. The fourth-order valence-corrected chi connectivity index (χ4v) is 3.83. The van der Waals surface area contributed by atoms with Crippen molar-refractivity contribution < 1.29 is 9.53 Å². The number of para-hydroxylation sites is 3. The van der Waals surface area contributed by atoms with E-state index >= 15 is 0 Å². The van der Waals surface area contributed by atoms with E-state index in [2.05, 4.69) is 36.3 Å². The third-order valence-electron chi connectivity index (χ3n) is 4.44. The summed E-state index contributed by atoms with van der Waals surface area (Å²) in [5, 5.41) is 3.41. The second-order valence-electron chi connectivity index (χ2n) is 6.74. The molecule has 1 heterocycles. The number of benzene rings is 2. The van der Waals surface area contributed by atoms with E-state index in [0.29, 0.717) is 17.4 Å². The van der Waals surface area contributed by atoms with Crippen LogP contribution in [-0.2, 0) is 4.79 Å². The van der Waals surface area contributed by atoms with Crippen molar-refractivity contribution in [2.75, 3.05) is 12.4 Å². The predicted octanol–water partition coefficient (Wildman–Crippen LogP) is 5.12. The SMILES string of the molecule is COc1ccccc1NC(=O)C(C)Sc1nccn1-c1ccccc1C(C)C. The maximum absolute atomic E-state index is 12.7. The van der Waals surface area contributed by atoms with E-state index in [-0.39, 0.29) is 11.2 Å². The van der Waals surface area contributed by atoms with Crippen molar-refractivity contribution in [1.82, 2.24) is 9.55 Å². The van der Waals surface area contributed by atoms with Gasteiger partial charge in [-0.05, 0) is 36.6 Å². The summed E-state index contributed by atoms with van der Waals surface area (Å²) >= 11 is 1.43. The first-order valence-corrected chi connectivity index (χ1v) is 10.1. The maximum Gasteiger partial charge on any atom is 0.237 e. The molecule has 1 aromatic heterocycles. The molecule has 0 saturated carbocycles. The highest BCUT2D eigenvalue weighted by Crippen LogP contribution is 2.30. The lowest BCUT2D eigenvalue weighted by molar-refractivity contribution is -0.115. The minimum absolute atomic E-state index is 0.0961. The Bertz CT molecular complexity index is 952. The Hall–Kier alpha value is -2.73. The number of anilines is 1. The number of rotatable bonds is 7. The molecule has 0 bridgehead atoms. The molecule has 3 rings (SSSR count). The number of ether oxygens (including phenoxy) is 1. The third-order valence-corrected chi connectivity index (χ3v) is 5.52. The first-order chi connectivity index (χ1) is 13.5. The van der Waals surface area contributed by atoms with Gasteiger partial charge in [0.15, 0.2) is 5.16 Å². The van der Waals surface area contributed by atoms with E-state index in [1.165, 1.54) is 17.3 Å². The van der Waals surface area contributed by atoms with Crippen LogP contribution in [0.5, 0.6) is 5.75 Å². The minimum Gasteiger partial charge on any atom is -0.495 e. The van der Waals surface area contributed by atoms with Gasteiger partial charge in [-0.15, -0.1) is 0 Å². The van der Waals surface area contributed by atoms with E-state index < -0.39 is 0 Å². The Balaban J connectivity index is 1.78. The molecule has 0 radical (unpaired) electrons. The summed E-state index contributed by atoms with van der Waals surface area (Å²) in [6.45, 7) is 6.22. The van der Waals surface area contributed by atoms with Crippen molar-refractivity contribution in [2.24, 2.45) is 0 Å². The molecule has 1 amide bonds. The van der Waals surface area contributed by atoms with Gasteiger partial charge in [-0.25, -0.2) is 4.98 Å². The number of aromatic nitrogens is 2. The Kier molecular flexibility index (Phi) is 6.41. The van der Waals surface area contributed by atoms with E-state index in [1.807, 2.05) is 54.1 Å². The summed E-state index contributed by atoms with van der Waals surface area (Å²) in [5.41, 5.74) is 3.00. The molecule has 146 valence electrons. The lowest BCUT2D eigenvalue weighted by atomic mass is 10.0. The number of thioether (sulfide) groups is 1. The van der Waals surface area contributed by atoms with Gasteiger partial charge in [0.05, 0.1) is 23.7 Å². The second-order valence-corrected chi connectivity index (χ2v) is 8.05. The molecule has 6 heteroatoms. The predicted molar refractivity (Wildman–Crippen MR) is 115 cm³/mol. The smallest absolute Gasteiger partial charge is 0.237 e. The van der Waals surface area contributed by atoms with E-state index in [4.69, 9.17) is 4.74 Å². The maximum atomic E-state index is 12.7. The summed E-state index contributed by atoms with van der Waals surface area (Å²) in [6, 6.07) is 15.7. The van der Waals surface area contributed by atoms with Gasteiger partial charge in [-0.2, -0.15) is 0 Å². The normalized spacial score (nSPS) is 12.0. The Morgan fingerprint density at radius 1 is 1.11 bits per heavy atom. The van der Waals surface area contributed by atoms with Gasteiger partial charge in [0, 0.05) is 12.4 Å². The van der Waals surface area contributed by atoms with Crippen molar-refractivity contribution in [3.63, 3.8) is 0 Å². The molecule has 3 aromatic rings. The summed E-state index contributed by atoms with van der Waals surface area (Å²) in [4.78, 5) is 17.2. The van der Waals surface area contributed by atoms with Crippen LogP contribution in [0.25, 0.3) is 5.69 Å². The van der Waals surface area contributed by atoms with Crippen LogP contribution in [0.2, 0.25) is 0 Å². The van der Waals surface area contributed by atoms with E-state index in [0.717, 1.165) is 10.8 Å². The molecule has 1 N–H and O–H groups in total. The van der Waals surface area contributed by atoms with Gasteiger partial charge in [-0.1, -0.05) is 55.9 Å². The molecule has 0 saturated heterocycles. The van der Waals surface area contributed by atoms with E-state index in [9.17, 15) is 4.79 Å². The van der Waals surface area contributed by atoms with Crippen molar-refractivity contribution >= 4 is 23.4 Å². The molecule has 1 unspecified atom stereocenters. The van der Waals surface area contributed by atoms with Crippen molar-refractivity contribution in [3.8, 4) is 11.4 Å². The highest BCUT2D eigenvalue weighted by molar-refractivity contribution is 8.00. The van der Waals surface area contributed by atoms with Gasteiger partial charge in [0.1, 0.15) is 5.75 Å². The van der Waals surface area contributed by atoms with Crippen LogP contribution in [0.4, 0.5) is 5.69 Å². The van der Waals surface area contributed by atoms with Crippen molar-refractivity contribution in [1.29, 1.82) is 0 Å². The zero-order valence-electron chi connectivity index (χ0n) is 16.5. The standard InChI is InChI=1S/C22H25N3O2S/c1-15(2)17-9-5-7-11-19(17)25-14-13-23-22(25)28-16(3)21(26)24-18-10-6-8-12-20(18)27-4/h5-16H,1-4H3,(H,24,26). The van der Waals surface area contributed by atoms with Crippen molar-refractivity contribution in [3.05, 3.63) is 66.5 Å². The Morgan fingerprint density at radius 2 is 1.82 bits per heavy atom. The fraction of sp³-hybridized carbons (Fsp3) is 0.273. The quantitative estimate of drug-likeness (QED) is 0.564. The van der Waals surface area contributed by atoms with Crippen LogP contribution in [-0.4, -0.2) is 27.8 Å². The van der Waals surface area contributed by atoms with Crippen LogP contribution in [0, 0.1) is 0 Å². The molecule has 0 aliphatic heterocycles. The number of hydrogen-bond donors (Lipinski definition) is 1. The number of carbonyl (C=O) groups excluding carboxylic acids is 1. The van der Waals surface area contributed by atoms with Crippen LogP contribution in [0.15, 0.2) is 66.1 Å². The largest absolute Gasteiger partial charge is 0.495 e. The molecular weight excluding hydrogens is 370 g/mol. The number of nitrogens with zero attached hydrogens (tertiary/aromatic N) is 2. The average molecular weight is 396 g/mol. The van der Waals surface area contributed by atoms with Crippen LogP contribution in [0.3, 0.4) is 0 Å². The first kappa shape index (κ1) is 20.0. The highest BCUT2D eigenvalue weighted by Gasteiger charge is 2.20. The number of carbonyl (C=O) groups is 1. The minimum atomic E-state index is -0.322. The molecule has 0 aliphatic rings. The average Bonchev–Trinajstić information content (AvgIpc) is 3.16. The van der Waals surface area contributed by atoms with Crippen molar-refractivity contribution in [2.45, 2.75) is 37.1 Å². The van der Waals surface area contributed by atoms with Gasteiger partial charge in [0.25, 0.3) is 0 Å². The summed E-state index contributed by atoms with van der Waals surface area (Å²) in [5.74, 6) is 0.935. The number of methoxy groups -OCH3 is 1. The number of nitrogens with one attached hydrogen (secondary N) is 1. The Labute approximate surface area is 170 Å². The van der Waals surface area contributed by atoms with Gasteiger partial charge in [0.2, 0.25) is 5.91 Å². The lowest BCUT2D eigenvalue weighted by Gasteiger charge is -2.17. The highest BCUT2D eigenvalue weighted by atomic mass is 32.2. The molecule has 5 nitrogen and oxygen atoms in total. The zero-order valence-corrected chi connectivity index (χ0v) is 17.4.